The second kappa shape index (κ2) is 6.75. The van der Waals surface area contributed by atoms with Crippen molar-refractivity contribution in [3.05, 3.63) is 17.8 Å². The van der Waals surface area contributed by atoms with Crippen LogP contribution in [0.4, 0.5) is 0 Å². The molecule has 0 spiro atoms. The van der Waals surface area contributed by atoms with Gasteiger partial charge in [-0.05, 0) is 44.1 Å². The van der Waals surface area contributed by atoms with Gasteiger partial charge in [-0.15, -0.1) is 0 Å². The maximum Gasteiger partial charge on any atom is 0.181 e. The van der Waals surface area contributed by atoms with Crippen molar-refractivity contribution >= 4 is 0 Å². The van der Waals surface area contributed by atoms with Crippen LogP contribution in [0, 0.1) is 11.8 Å². The fourth-order valence-electron chi connectivity index (χ4n) is 4.24. The first-order chi connectivity index (χ1) is 9.88. The summed E-state index contributed by atoms with van der Waals surface area (Å²) in [4.78, 5) is 4.44. The Balaban J connectivity index is 1.62. The second-order valence-corrected chi connectivity index (χ2v) is 6.65. The molecule has 2 aliphatic rings. The quantitative estimate of drug-likeness (QED) is 0.817. The Hall–Kier alpha value is -0.830. The predicted molar refractivity (Wildman–Crippen MR) is 80.5 cm³/mol. The minimum absolute atomic E-state index is 0.621. The van der Waals surface area contributed by atoms with Gasteiger partial charge in [0.15, 0.2) is 6.39 Å². The van der Waals surface area contributed by atoms with Gasteiger partial charge in [0.25, 0.3) is 0 Å². The van der Waals surface area contributed by atoms with Crippen LogP contribution in [0.1, 0.15) is 75.7 Å². The van der Waals surface area contributed by atoms with E-state index in [0.717, 1.165) is 30.6 Å². The highest BCUT2D eigenvalue weighted by Gasteiger charge is 2.34. The fourth-order valence-corrected chi connectivity index (χ4v) is 4.24. The van der Waals surface area contributed by atoms with E-state index in [9.17, 15) is 0 Å². The van der Waals surface area contributed by atoms with Crippen LogP contribution in [0.5, 0.6) is 0 Å². The lowest BCUT2D eigenvalue weighted by atomic mass is 9.67. The first kappa shape index (κ1) is 14.1. The van der Waals surface area contributed by atoms with Gasteiger partial charge in [-0.1, -0.05) is 32.6 Å². The van der Waals surface area contributed by atoms with E-state index in [1.54, 1.807) is 6.39 Å². The lowest BCUT2D eigenvalue weighted by Gasteiger charge is -2.38. The lowest BCUT2D eigenvalue weighted by molar-refractivity contribution is 0.147. The van der Waals surface area contributed by atoms with Crippen molar-refractivity contribution in [1.29, 1.82) is 0 Å². The van der Waals surface area contributed by atoms with E-state index in [1.807, 2.05) is 0 Å². The Bertz CT molecular complexity index is 415. The number of fused-ring (bicyclic) bond motifs is 1. The second-order valence-electron chi connectivity index (χ2n) is 6.65. The van der Waals surface area contributed by atoms with Crippen LogP contribution in [0.2, 0.25) is 0 Å². The van der Waals surface area contributed by atoms with Crippen LogP contribution in [0.3, 0.4) is 0 Å². The van der Waals surface area contributed by atoms with E-state index >= 15 is 0 Å². The molecule has 1 N–H and O–H groups in total. The molecule has 20 heavy (non-hydrogen) atoms. The van der Waals surface area contributed by atoms with Crippen LogP contribution in [0.15, 0.2) is 10.8 Å². The molecule has 1 aromatic rings. The summed E-state index contributed by atoms with van der Waals surface area (Å²) in [5.74, 6) is 3.75. The highest BCUT2D eigenvalue weighted by atomic mass is 16.3. The highest BCUT2D eigenvalue weighted by molar-refractivity contribution is 5.14. The molecule has 3 heteroatoms. The van der Waals surface area contributed by atoms with Crippen molar-refractivity contribution < 1.29 is 4.42 Å². The molecule has 2 fully saturated rings. The Kier molecular flexibility index (Phi) is 4.77. The molecule has 3 atom stereocenters. The number of hydrogen-bond acceptors (Lipinski definition) is 3. The zero-order chi connectivity index (χ0) is 13.8. The van der Waals surface area contributed by atoms with E-state index in [4.69, 9.17) is 4.42 Å². The predicted octanol–water partition coefficient (Wildman–Crippen LogP) is 4.25. The molecular formula is C17H28N2O. The van der Waals surface area contributed by atoms with Gasteiger partial charge in [0.05, 0.1) is 5.69 Å². The average Bonchev–Trinajstić information content (AvgIpc) is 2.95. The fraction of sp³-hybridized carbons (Fsp3) is 0.824. The summed E-state index contributed by atoms with van der Waals surface area (Å²) >= 11 is 0. The third-order valence-electron chi connectivity index (χ3n) is 5.30. The number of aromatic nitrogens is 1. The van der Waals surface area contributed by atoms with Crippen molar-refractivity contribution in [2.75, 3.05) is 6.54 Å². The van der Waals surface area contributed by atoms with E-state index in [0.29, 0.717) is 5.92 Å². The van der Waals surface area contributed by atoms with Gasteiger partial charge in [0.1, 0.15) is 5.76 Å². The highest BCUT2D eigenvalue weighted by Crippen LogP contribution is 2.46. The summed E-state index contributed by atoms with van der Waals surface area (Å²) in [6.45, 7) is 4.12. The summed E-state index contributed by atoms with van der Waals surface area (Å²) in [5, 5.41) is 3.45. The summed E-state index contributed by atoms with van der Waals surface area (Å²) in [6.07, 6.45) is 12.7. The van der Waals surface area contributed by atoms with Crippen LogP contribution < -0.4 is 5.32 Å². The third-order valence-corrected chi connectivity index (χ3v) is 5.30. The maximum atomic E-state index is 5.76. The van der Waals surface area contributed by atoms with Gasteiger partial charge in [-0.25, -0.2) is 4.98 Å². The van der Waals surface area contributed by atoms with Crippen molar-refractivity contribution in [2.45, 2.75) is 70.8 Å². The summed E-state index contributed by atoms with van der Waals surface area (Å²) < 4.78 is 5.76. The third kappa shape index (κ3) is 3.08. The zero-order valence-electron chi connectivity index (χ0n) is 12.7. The molecular weight excluding hydrogens is 248 g/mol. The van der Waals surface area contributed by atoms with E-state index < -0.39 is 0 Å². The van der Waals surface area contributed by atoms with Crippen molar-refractivity contribution in [3.63, 3.8) is 0 Å². The molecule has 2 aliphatic carbocycles. The summed E-state index contributed by atoms with van der Waals surface area (Å²) in [5.41, 5.74) is 1.15. The van der Waals surface area contributed by atoms with Gasteiger partial charge < -0.3 is 9.73 Å². The Labute approximate surface area is 122 Å². The van der Waals surface area contributed by atoms with Gasteiger partial charge in [0.2, 0.25) is 0 Å². The molecule has 3 rings (SSSR count). The number of hydrogen-bond donors (Lipinski definition) is 1. The Morgan fingerprint density at radius 1 is 1.20 bits per heavy atom. The normalized spacial score (nSPS) is 30.1. The smallest absolute Gasteiger partial charge is 0.181 e. The van der Waals surface area contributed by atoms with E-state index in [-0.39, 0.29) is 0 Å². The average molecular weight is 276 g/mol. The minimum Gasteiger partial charge on any atom is -0.448 e. The maximum absolute atomic E-state index is 5.76. The molecule has 1 aromatic heterocycles. The molecule has 0 saturated heterocycles. The molecule has 0 aromatic carbocycles. The van der Waals surface area contributed by atoms with Crippen molar-refractivity contribution in [1.82, 2.24) is 10.3 Å². The number of rotatable bonds is 5. The molecule has 1 heterocycles. The molecule has 112 valence electrons. The summed E-state index contributed by atoms with van der Waals surface area (Å²) in [7, 11) is 0. The molecule has 3 unspecified atom stereocenters. The van der Waals surface area contributed by atoms with Gasteiger partial charge in [-0.2, -0.15) is 0 Å². The van der Waals surface area contributed by atoms with Gasteiger partial charge in [-0.3, -0.25) is 0 Å². The lowest BCUT2D eigenvalue weighted by Crippen LogP contribution is -2.27. The van der Waals surface area contributed by atoms with Crippen LogP contribution in [0.25, 0.3) is 0 Å². The number of oxazole rings is 1. The van der Waals surface area contributed by atoms with Crippen LogP contribution in [-0.2, 0) is 6.54 Å². The molecule has 0 aliphatic heterocycles. The van der Waals surface area contributed by atoms with Crippen LogP contribution in [-0.4, -0.2) is 11.5 Å². The Morgan fingerprint density at radius 3 is 2.90 bits per heavy atom. The summed E-state index contributed by atoms with van der Waals surface area (Å²) in [6, 6.07) is 0. The van der Waals surface area contributed by atoms with Gasteiger partial charge >= 0.3 is 0 Å². The van der Waals surface area contributed by atoms with Gasteiger partial charge in [0, 0.05) is 12.5 Å². The number of nitrogens with one attached hydrogen (secondary N) is 1. The molecule has 0 amide bonds. The Morgan fingerprint density at radius 2 is 2.05 bits per heavy atom. The molecule has 0 radical (unpaired) electrons. The standard InChI is InChI=1S/C17H28N2O/c1-2-9-18-11-16-17(20-12-19-16)15-8-7-13-5-3-4-6-14(13)10-15/h12-15,18H,2-11H2,1H3. The SMILES string of the molecule is CCCNCc1ncoc1C1CCC2CCCCC2C1. The topological polar surface area (TPSA) is 38.1 Å². The molecule has 2 saturated carbocycles. The van der Waals surface area contributed by atoms with Crippen molar-refractivity contribution in [3.8, 4) is 0 Å². The minimum atomic E-state index is 0.621. The van der Waals surface area contributed by atoms with Crippen molar-refractivity contribution in [2.24, 2.45) is 11.8 Å². The van der Waals surface area contributed by atoms with Crippen LogP contribution >= 0.6 is 0 Å². The number of nitrogens with zero attached hydrogens (tertiary/aromatic N) is 1. The molecule has 3 nitrogen and oxygen atoms in total. The largest absolute Gasteiger partial charge is 0.448 e. The zero-order valence-corrected chi connectivity index (χ0v) is 12.7. The first-order valence-corrected chi connectivity index (χ1v) is 8.51. The molecule has 0 bridgehead atoms. The van der Waals surface area contributed by atoms with E-state index in [1.165, 1.54) is 57.1 Å². The first-order valence-electron chi connectivity index (χ1n) is 8.51. The monoisotopic (exact) mass is 276 g/mol. The van der Waals surface area contributed by atoms with E-state index in [2.05, 4.69) is 17.2 Å².